The fourth-order valence-corrected chi connectivity index (χ4v) is 2.67. The summed E-state index contributed by atoms with van der Waals surface area (Å²) in [5, 5.41) is 15.5. The number of aryl methyl sites for hydroxylation is 2. The van der Waals surface area contributed by atoms with Crippen LogP contribution in [0, 0.1) is 24.0 Å². The van der Waals surface area contributed by atoms with Crippen molar-refractivity contribution in [1.29, 1.82) is 0 Å². The minimum absolute atomic E-state index is 0.121. The van der Waals surface area contributed by atoms with Crippen molar-refractivity contribution in [3.63, 3.8) is 0 Å². The van der Waals surface area contributed by atoms with Crippen LogP contribution >= 0.6 is 0 Å². The van der Waals surface area contributed by atoms with E-state index in [1.807, 2.05) is 38.1 Å². The summed E-state index contributed by atoms with van der Waals surface area (Å²) in [6.07, 6.45) is 1.21. The first-order chi connectivity index (χ1) is 11.0. The van der Waals surface area contributed by atoms with Crippen molar-refractivity contribution in [3.05, 3.63) is 57.9 Å². The van der Waals surface area contributed by atoms with Gasteiger partial charge >= 0.3 is 0 Å². The molecule has 114 valence electrons. The van der Waals surface area contributed by atoms with Crippen LogP contribution in [0.4, 0.5) is 5.69 Å². The van der Waals surface area contributed by atoms with E-state index >= 15 is 0 Å². The highest BCUT2D eigenvalue weighted by Gasteiger charge is 2.25. The summed E-state index contributed by atoms with van der Waals surface area (Å²) in [6, 6.07) is 9.11. The highest BCUT2D eigenvalue weighted by molar-refractivity contribution is 5.73. The first-order valence-corrected chi connectivity index (χ1v) is 7.03. The van der Waals surface area contributed by atoms with E-state index in [2.05, 4.69) is 10.1 Å². The molecule has 23 heavy (non-hydrogen) atoms. The Hall–Kier alpha value is -3.22. The molecule has 1 aliphatic heterocycles. The van der Waals surface area contributed by atoms with Gasteiger partial charge in [-0.1, -0.05) is 11.6 Å². The van der Waals surface area contributed by atoms with Gasteiger partial charge in [-0.3, -0.25) is 10.1 Å². The van der Waals surface area contributed by atoms with Crippen LogP contribution in [0.25, 0.3) is 17.1 Å². The van der Waals surface area contributed by atoms with Gasteiger partial charge in [-0.15, -0.1) is 0 Å². The monoisotopic (exact) mass is 308 g/mol. The summed E-state index contributed by atoms with van der Waals surface area (Å²) in [5.41, 5.74) is 3.53. The van der Waals surface area contributed by atoms with Crippen LogP contribution in [0.2, 0.25) is 0 Å². The average molecular weight is 308 g/mol. The van der Waals surface area contributed by atoms with Gasteiger partial charge in [0.25, 0.3) is 5.69 Å². The Labute approximate surface area is 131 Å². The molecule has 1 aromatic carbocycles. The van der Waals surface area contributed by atoms with Crippen molar-refractivity contribution in [2.45, 2.75) is 13.8 Å². The number of hydrogen-bond acceptors (Lipinski definition) is 5. The smallest absolute Gasteiger partial charge is 0.291 e. The molecule has 0 amide bonds. The number of fused-ring (bicyclic) bond motifs is 5. The number of hydrogen-bond donors (Lipinski definition) is 0. The first kappa shape index (κ1) is 13.4. The van der Waals surface area contributed by atoms with E-state index in [0.717, 1.165) is 22.5 Å². The van der Waals surface area contributed by atoms with E-state index in [4.69, 9.17) is 4.74 Å². The molecule has 0 atom stereocenters. The summed E-state index contributed by atoms with van der Waals surface area (Å²) in [5.74, 6) is 1.37. The molecule has 0 saturated carbocycles. The van der Waals surface area contributed by atoms with Gasteiger partial charge in [0.1, 0.15) is 11.9 Å². The van der Waals surface area contributed by atoms with Crippen LogP contribution in [-0.4, -0.2) is 19.7 Å². The molecule has 0 fully saturated rings. The lowest BCUT2D eigenvalue weighted by Gasteiger charge is -2.08. The van der Waals surface area contributed by atoms with E-state index < -0.39 is 4.92 Å². The second-order valence-electron chi connectivity index (χ2n) is 5.46. The van der Waals surface area contributed by atoms with Crippen LogP contribution in [-0.2, 0) is 0 Å². The lowest BCUT2D eigenvalue weighted by atomic mass is 10.1. The van der Waals surface area contributed by atoms with E-state index in [0.29, 0.717) is 17.3 Å². The summed E-state index contributed by atoms with van der Waals surface area (Å²) in [7, 11) is 0. The van der Waals surface area contributed by atoms with Crippen LogP contribution in [0.15, 0.2) is 36.5 Å². The Balaban J connectivity index is 2.04. The molecule has 0 bridgehead atoms. The second kappa shape index (κ2) is 4.64. The van der Waals surface area contributed by atoms with E-state index in [1.54, 1.807) is 4.68 Å². The van der Waals surface area contributed by atoms with Crippen molar-refractivity contribution in [3.8, 4) is 28.6 Å². The largest absolute Gasteiger partial charge is 0.452 e. The minimum atomic E-state index is -0.493. The van der Waals surface area contributed by atoms with Crippen LogP contribution < -0.4 is 4.74 Å². The molecule has 3 aromatic rings. The zero-order chi connectivity index (χ0) is 16.1. The van der Waals surface area contributed by atoms with Gasteiger partial charge in [-0.2, -0.15) is 5.10 Å². The van der Waals surface area contributed by atoms with Crippen LogP contribution in [0.1, 0.15) is 11.3 Å². The van der Waals surface area contributed by atoms with Gasteiger partial charge in [0, 0.05) is 5.56 Å². The van der Waals surface area contributed by atoms with Crippen LogP contribution in [0.5, 0.6) is 11.5 Å². The van der Waals surface area contributed by atoms with E-state index in [-0.39, 0.29) is 5.69 Å². The Kier molecular flexibility index (Phi) is 2.71. The van der Waals surface area contributed by atoms with Crippen molar-refractivity contribution >= 4 is 5.69 Å². The van der Waals surface area contributed by atoms with Crippen molar-refractivity contribution in [2.24, 2.45) is 0 Å². The minimum Gasteiger partial charge on any atom is -0.452 e. The lowest BCUT2D eigenvalue weighted by Crippen LogP contribution is -2.02. The lowest BCUT2D eigenvalue weighted by molar-refractivity contribution is -0.385. The Morgan fingerprint density at radius 3 is 2.78 bits per heavy atom. The van der Waals surface area contributed by atoms with Crippen molar-refractivity contribution in [1.82, 2.24) is 14.8 Å². The van der Waals surface area contributed by atoms with Crippen molar-refractivity contribution < 1.29 is 9.66 Å². The molecule has 0 radical (unpaired) electrons. The molecular weight excluding hydrogens is 296 g/mol. The number of nitro groups is 1. The third-order valence-corrected chi connectivity index (χ3v) is 3.69. The standard InChI is InChI=1S/C16H12N4O3/c1-9-3-4-14-12(5-9)13-6-10(2)18-19(13)16-15(23-14)7-11(8-17-16)20(21)22/h3-8H,1-2H3. The fraction of sp³-hybridized carbons (Fsp3) is 0.125. The van der Waals surface area contributed by atoms with Gasteiger partial charge in [0.2, 0.25) is 0 Å². The molecule has 0 spiro atoms. The molecule has 7 heteroatoms. The zero-order valence-corrected chi connectivity index (χ0v) is 12.5. The molecule has 0 saturated heterocycles. The fourth-order valence-electron chi connectivity index (χ4n) is 2.67. The third-order valence-electron chi connectivity index (χ3n) is 3.69. The molecule has 2 aromatic heterocycles. The highest BCUT2D eigenvalue weighted by Crippen LogP contribution is 2.41. The molecule has 1 aliphatic rings. The Bertz CT molecular complexity index is 962. The maximum absolute atomic E-state index is 11.0. The third kappa shape index (κ3) is 2.05. The Morgan fingerprint density at radius 1 is 1.17 bits per heavy atom. The van der Waals surface area contributed by atoms with Gasteiger partial charge in [-0.05, 0) is 32.0 Å². The molecule has 7 nitrogen and oxygen atoms in total. The molecule has 3 heterocycles. The number of pyridine rings is 1. The number of aromatic nitrogens is 3. The maximum atomic E-state index is 11.0. The molecule has 0 aliphatic carbocycles. The summed E-state index contributed by atoms with van der Waals surface area (Å²) >= 11 is 0. The predicted molar refractivity (Wildman–Crippen MR) is 83.0 cm³/mol. The molecule has 0 N–H and O–H groups in total. The number of nitrogens with zero attached hydrogens (tertiary/aromatic N) is 4. The maximum Gasteiger partial charge on any atom is 0.291 e. The van der Waals surface area contributed by atoms with Crippen LogP contribution in [0.3, 0.4) is 0 Å². The van der Waals surface area contributed by atoms with Gasteiger partial charge in [-0.25, -0.2) is 9.67 Å². The first-order valence-electron chi connectivity index (χ1n) is 7.03. The van der Waals surface area contributed by atoms with Crippen molar-refractivity contribution in [2.75, 3.05) is 0 Å². The summed E-state index contributed by atoms with van der Waals surface area (Å²) in [6.45, 7) is 3.89. The van der Waals surface area contributed by atoms with E-state index in [9.17, 15) is 10.1 Å². The summed E-state index contributed by atoms with van der Waals surface area (Å²) < 4.78 is 7.57. The molecular formula is C16H12N4O3. The van der Waals surface area contributed by atoms with Gasteiger partial charge < -0.3 is 4.74 Å². The highest BCUT2D eigenvalue weighted by atomic mass is 16.6. The SMILES string of the molecule is Cc1ccc2c(c1)-c1cc(C)nn1-c1ncc([N+](=O)[O-])cc1O2. The molecule has 0 unspecified atom stereocenters. The topological polar surface area (TPSA) is 83.1 Å². The van der Waals surface area contributed by atoms with Gasteiger partial charge in [0.15, 0.2) is 11.6 Å². The number of benzene rings is 1. The number of ether oxygens (including phenoxy) is 1. The average Bonchev–Trinajstić information content (AvgIpc) is 2.85. The molecule has 4 rings (SSSR count). The quantitative estimate of drug-likeness (QED) is 0.396. The van der Waals surface area contributed by atoms with Gasteiger partial charge in [0.05, 0.1) is 22.4 Å². The van der Waals surface area contributed by atoms with E-state index in [1.165, 1.54) is 12.3 Å². The Morgan fingerprint density at radius 2 is 2.00 bits per heavy atom. The second-order valence-corrected chi connectivity index (χ2v) is 5.46. The summed E-state index contributed by atoms with van der Waals surface area (Å²) in [4.78, 5) is 14.7. The number of rotatable bonds is 1. The predicted octanol–water partition coefficient (Wildman–Crippen LogP) is 3.57. The zero-order valence-electron chi connectivity index (χ0n) is 12.5. The normalized spacial score (nSPS) is 11.7.